The van der Waals surface area contributed by atoms with Crippen molar-refractivity contribution in [1.82, 2.24) is 4.57 Å². The topological polar surface area (TPSA) is 8.81 Å². The van der Waals surface area contributed by atoms with Crippen LogP contribution in [0.3, 0.4) is 0 Å². The van der Waals surface area contributed by atoms with Crippen LogP contribution in [0.25, 0.3) is 5.69 Å². The molecule has 2 aromatic rings. The van der Waals surface area contributed by atoms with Crippen molar-refractivity contribution in [2.45, 2.75) is 149 Å². The fraction of sp³-hybridized carbons (Fsp3) is 0.719. The van der Waals surface area contributed by atoms with Crippen molar-refractivity contribution >= 4 is 0 Å². The number of nitrogens with zero attached hydrogens (tertiary/aromatic N) is 2. The Morgan fingerprint density at radius 2 is 1.03 bits per heavy atom. The summed E-state index contributed by atoms with van der Waals surface area (Å²) >= 11 is 0. The molecule has 0 aliphatic carbocycles. The molecule has 0 unspecified atom stereocenters. The highest BCUT2D eigenvalue weighted by molar-refractivity contribution is 5.31. The number of hydrogen-bond donors (Lipinski definition) is 0. The molecule has 0 saturated heterocycles. The molecule has 192 valence electrons. The van der Waals surface area contributed by atoms with E-state index in [0.717, 1.165) is 13.0 Å². The van der Waals surface area contributed by atoms with Crippen LogP contribution in [0.4, 0.5) is 0 Å². The molecule has 1 heterocycles. The molecule has 2 rings (SSSR count). The summed E-state index contributed by atoms with van der Waals surface area (Å²) in [6.07, 6.45) is 32.6. The smallest absolute Gasteiger partial charge is 0.234 e. The van der Waals surface area contributed by atoms with Crippen LogP contribution >= 0.6 is 0 Å². The SMILES string of the molecule is CCCCCCCCCCCCCCCCCCC[n+]1ccn(-c2ccccc2)c1CCCC. The molecule has 34 heavy (non-hydrogen) atoms. The maximum Gasteiger partial charge on any atom is 0.261 e. The summed E-state index contributed by atoms with van der Waals surface area (Å²) in [4.78, 5) is 0. The van der Waals surface area contributed by atoms with Crippen molar-refractivity contribution in [3.8, 4) is 5.69 Å². The highest BCUT2D eigenvalue weighted by atomic mass is 15.1. The second-order valence-corrected chi connectivity index (χ2v) is 10.4. The van der Waals surface area contributed by atoms with E-state index in [-0.39, 0.29) is 0 Å². The summed E-state index contributed by atoms with van der Waals surface area (Å²) in [7, 11) is 0. The van der Waals surface area contributed by atoms with Crippen molar-refractivity contribution in [2.24, 2.45) is 0 Å². The molecule has 0 saturated carbocycles. The number of unbranched alkanes of at least 4 members (excludes halogenated alkanes) is 17. The number of aromatic nitrogens is 2. The van der Waals surface area contributed by atoms with Crippen LogP contribution in [-0.4, -0.2) is 4.57 Å². The van der Waals surface area contributed by atoms with Gasteiger partial charge in [-0.1, -0.05) is 135 Å². The van der Waals surface area contributed by atoms with Crippen molar-refractivity contribution < 1.29 is 4.57 Å². The lowest BCUT2D eigenvalue weighted by molar-refractivity contribution is -0.704. The molecular formula is C32H55N2+. The van der Waals surface area contributed by atoms with Gasteiger partial charge in [-0.2, -0.15) is 4.57 Å². The van der Waals surface area contributed by atoms with E-state index in [9.17, 15) is 0 Å². The number of imidazole rings is 1. The Balaban J connectivity index is 1.48. The molecular weight excluding hydrogens is 412 g/mol. The maximum absolute atomic E-state index is 2.51. The minimum absolute atomic E-state index is 1.16. The van der Waals surface area contributed by atoms with Crippen LogP contribution in [0.15, 0.2) is 42.7 Å². The van der Waals surface area contributed by atoms with Crippen LogP contribution in [0.2, 0.25) is 0 Å². The quantitative estimate of drug-likeness (QED) is 0.120. The summed E-state index contributed by atoms with van der Waals surface area (Å²) in [5.41, 5.74) is 1.29. The lowest BCUT2D eigenvalue weighted by atomic mass is 10.0. The zero-order valence-corrected chi connectivity index (χ0v) is 22.8. The number of hydrogen-bond acceptors (Lipinski definition) is 0. The molecule has 0 amide bonds. The second kappa shape index (κ2) is 19.7. The average Bonchev–Trinajstić information content (AvgIpc) is 3.27. The van der Waals surface area contributed by atoms with E-state index in [1.165, 1.54) is 134 Å². The lowest BCUT2D eigenvalue weighted by Gasteiger charge is -2.06. The van der Waals surface area contributed by atoms with Gasteiger partial charge in [-0.15, -0.1) is 0 Å². The number of aryl methyl sites for hydroxylation is 1. The van der Waals surface area contributed by atoms with Gasteiger partial charge >= 0.3 is 0 Å². The number of para-hydroxylation sites is 1. The Morgan fingerprint density at radius 3 is 1.53 bits per heavy atom. The zero-order valence-electron chi connectivity index (χ0n) is 22.8. The molecule has 0 aliphatic rings. The summed E-state index contributed by atoms with van der Waals surface area (Å²) in [6.45, 7) is 5.75. The van der Waals surface area contributed by atoms with Gasteiger partial charge in [0.2, 0.25) is 0 Å². The van der Waals surface area contributed by atoms with E-state index < -0.39 is 0 Å². The highest BCUT2D eigenvalue weighted by Crippen LogP contribution is 2.15. The molecule has 0 aliphatic heterocycles. The van der Waals surface area contributed by atoms with E-state index in [0.29, 0.717) is 0 Å². The lowest BCUT2D eigenvalue weighted by Crippen LogP contribution is -2.37. The van der Waals surface area contributed by atoms with Crippen LogP contribution in [0.1, 0.15) is 142 Å². The predicted molar refractivity (Wildman–Crippen MR) is 149 cm³/mol. The van der Waals surface area contributed by atoms with Gasteiger partial charge in [-0.3, -0.25) is 0 Å². The number of rotatable bonds is 22. The molecule has 2 nitrogen and oxygen atoms in total. The fourth-order valence-corrected chi connectivity index (χ4v) is 5.09. The molecule has 1 aromatic heterocycles. The first-order chi connectivity index (χ1) is 16.9. The van der Waals surface area contributed by atoms with E-state index in [1.807, 2.05) is 0 Å². The van der Waals surface area contributed by atoms with Gasteiger partial charge < -0.3 is 0 Å². The second-order valence-electron chi connectivity index (χ2n) is 10.4. The summed E-state index contributed by atoms with van der Waals surface area (Å²) in [5, 5.41) is 0. The van der Waals surface area contributed by atoms with E-state index in [4.69, 9.17) is 0 Å². The first kappa shape index (κ1) is 28.7. The van der Waals surface area contributed by atoms with Crippen LogP contribution in [0, 0.1) is 0 Å². The Labute approximate surface area is 212 Å². The standard InChI is InChI=1S/C32H55N2/c1-3-5-7-8-9-10-11-12-13-14-15-16-17-18-19-20-24-28-33-29-30-34(32(33)27-6-4-2)31-25-22-21-23-26-31/h21-23,25-26,29-30H,3-20,24,27-28H2,1-2H3/q+1. The Kier molecular flexibility index (Phi) is 16.6. The first-order valence-corrected chi connectivity index (χ1v) is 15.0. The Hall–Kier alpha value is -1.57. The minimum Gasteiger partial charge on any atom is -0.234 e. The van der Waals surface area contributed by atoms with Gasteiger partial charge in [0.1, 0.15) is 18.1 Å². The summed E-state index contributed by atoms with van der Waals surface area (Å²) in [6, 6.07) is 10.8. The van der Waals surface area contributed by atoms with Crippen molar-refractivity contribution in [3.05, 3.63) is 48.5 Å². The third kappa shape index (κ3) is 12.2. The van der Waals surface area contributed by atoms with E-state index in [2.05, 4.69) is 65.7 Å². The van der Waals surface area contributed by atoms with Gasteiger partial charge in [0.05, 0.1) is 6.54 Å². The van der Waals surface area contributed by atoms with Gasteiger partial charge in [-0.05, 0) is 31.4 Å². The molecule has 2 heteroatoms. The average molecular weight is 468 g/mol. The van der Waals surface area contributed by atoms with Gasteiger partial charge in [0, 0.05) is 6.42 Å². The van der Waals surface area contributed by atoms with Gasteiger partial charge in [0.25, 0.3) is 5.82 Å². The highest BCUT2D eigenvalue weighted by Gasteiger charge is 2.17. The first-order valence-electron chi connectivity index (χ1n) is 15.0. The molecule has 0 radical (unpaired) electrons. The summed E-state index contributed by atoms with van der Waals surface area (Å²) < 4.78 is 4.90. The Morgan fingerprint density at radius 1 is 0.559 bits per heavy atom. The molecule has 1 aromatic carbocycles. The molecule has 0 N–H and O–H groups in total. The normalized spacial score (nSPS) is 11.4. The molecule has 0 fully saturated rings. The predicted octanol–water partition coefficient (Wildman–Crippen LogP) is 9.76. The van der Waals surface area contributed by atoms with Gasteiger partial charge in [-0.25, -0.2) is 4.57 Å². The molecule has 0 bridgehead atoms. The molecule has 0 atom stereocenters. The maximum atomic E-state index is 2.51. The minimum atomic E-state index is 1.16. The summed E-state index contributed by atoms with van der Waals surface area (Å²) in [5.74, 6) is 1.46. The van der Waals surface area contributed by atoms with Crippen LogP contribution in [-0.2, 0) is 13.0 Å². The third-order valence-corrected chi connectivity index (χ3v) is 7.30. The van der Waals surface area contributed by atoms with E-state index in [1.54, 1.807) is 0 Å². The number of benzene rings is 1. The molecule has 0 spiro atoms. The largest absolute Gasteiger partial charge is 0.261 e. The zero-order chi connectivity index (χ0) is 24.1. The third-order valence-electron chi connectivity index (χ3n) is 7.30. The van der Waals surface area contributed by atoms with E-state index >= 15 is 0 Å². The van der Waals surface area contributed by atoms with Crippen LogP contribution < -0.4 is 4.57 Å². The van der Waals surface area contributed by atoms with Crippen molar-refractivity contribution in [1.29, 1.82) is 0 Å². The monoisotopic (exact) mass is 467 g/mol. The van der Waals surface area contributed by atoms with Crippen molar-refractivity contribution in [2.75, 3.05) is 0 Å². The Bertz CT molecular complexity index is 703. The fourth-order valence-electron chi connectivity index (χ4n) is 5.09. The van der Waals surface area contributed by atoms with Crippen LogP contribution in [0.5, 0.6) is 0 Å². The van der Waals surface area contributed by atoms with Crippen molar-refractivity contribution in [3.63, 3.8) is 0 Å². The van der Waals surface area contributed by atoms with Gasteiger partial charge in [0.15, 0.2) is 0 Å².